The van der Waals surface area contributed by atoms with Crippen molar-refractivity contribution >= 4 is 27.4 Å². The predicted molar refractivity (Wildman–Crippen MR) is 81.8 cm³/mol. The number of halogens is 1. The SMILES string of the molecule is Cc1ccc(Cl)c(OS(=O)(=O)c2ccc(C)c([N+](=O)[O-])c2)c1. The van der Waals surface area contributed by atoms with E-state index in [9.17, 15) is 18.5 Å². The molecule has 0 bridgehead atoms. The van der Waals surface area contributed by atoms with E-state index < -0.39 is 15.0 Å². The molecule has 8 heteroatoms. The van der Waals surface area contributed by atoms with Gasteiger partial charge in [0.05, 0.1) is 9.95 Å². The zero-order valence-corrected chi connectivity index (χ0v) is 13.3. The third-order valence-electron chi connectivity index (χ3n) is 2.95. The summed E-state index contributed by atoms with van der Waals surface area (Å²) in [6, 6.07) is 8.27. The summed E-state index contributed by atoms with van der Waals surface area (Å²) in [4.78, 5) is 9.96. The van der Waals surface area contributed by atoms with Crippen molar-refractivity contribution < 1.29 is 17.5 Å². The summed E-state index contributed by atoms with van der Waals surface area (Å²) >= 11 is 5.90. The quantitative estimate of drug-likeness (QED) is 0.481. The van der Waals surface area contributed by atoms with E-state index in [1.807, 2.05) is 0 Å². The lowest BCUT2D eigenvalue weighted by Gasteiger charge is -2.09. The Morgan fingerprint density at radius 2 is 1.82 bits per heavy atom. The van der Waals surface area contributed by atoms with Gasteiger partial charge in [0.2, 0.25) is 0 Å². The van der Waals surface area contributed by atoms with Crippen LogP contribution in [0, 0.1) is 24.0 Å². The Balaban J connectivity index is 2.45. The second-order valence-electron chi connectivity index (χ2n) is 4.68. The van der Waals surface area contributed by atoms with Crippen LogP contribution < -0.4 is 4.18 Å². The maximum Gasteiger partial charge on any atom is 0.339 e. The van der Waals surface area contributed by atoms with Crippen molar-refractivity contribution in [2.24, 2.45) is 0 Å². The Kier molecular flexibility index (Phi) is 4.39. The van der Waals surface area contributed by atoms with Gasteiger partial charge in [-0.25, -0.2) is 0 Å². The van der Waals surface area contributed by atoms with E-state index in [0.717, 1.165) is 11.6 Å². The fourth-order valence-corrected chi connectivity index (χ4v) is 2.95. The van der Waals surface area contributed by atoms with Crippen LogP contribution in [0.25, 0.3) is 0 Å². The van der Waals surface area contributed by atoms with Crippen LogP contribution >= 0.6 is 11.6 Å². The predicted octanol–water partition coefficient (Wildman–Crippen LogP) is 3.63. The monoisotopic (exact) mass is 341 g/mol. The molecule has 2 aromatic carbocycles. The molecule has 0 atom stereocenters. The number of aryl methyl sites for hydroxylation is 2. The Hall–Kier alpha value is -2.12. The number of nitro benzene ring substituents is 1. The van der Waals surface area contributed by atoms with E-state index in [-0.39, 0.29) is 21.4 Å². The van der Waals surface area contributed by atoms with Crippen LogP contribution in [0.3, 0.4) is 0 Å². The van der Waals surface area contributed by atoms with Gasteiger partial charge < -0.3 is 4.18 Å². The highest BCUT2D eigenvalue weighted by Gasteiger charge is 2.22. The molecule has 0 saturated heterocycles. The fraction of sp³-hybridized carbons (Fsp3) is 0.143. The van der Waals surface area contributed by atoms with Gasteiger partial charge in [-0.15, -0.1) is 0 Å². The van der Waals surface area contributed by atoms with Crippen LogP contribution in [0.1, 0.15) is 11.1 Å². The van der Waals surface area contributed by atoms with Gasteiger partial charge in [-0.1, -0.05) is 23.7 Å². The van der Waals surface area contributed by atoms with E-state index in [1.54, 1.807) is 13.0 Å². The van der Waals surface area contributed by atoms with Crippen molar-refractivity contribution in [3.63, 3.8) is 0 Å². The molecule has 0 heterocycles. The van der Waals surface area contributed by atoms with Crippen LogP contribution in [0.2, 0.25) is 5.02 Å². The summed E-state index contributed by atoms with van der Waals surface area (Å²) in [7, 11) is -4.21. The lowest BCUT2D eigenvalue weighted by Crippen LogP contribution is -2.10. The van der Waals surface area contributed by atoms with Gasteiger partial charge in [-0.2, -0.15) is 8.42 Å². The average molecular weight is 342 g/mol. The topological polar surface area (TPSA) is 86.5 Å². The number of benzene rings is 2. The Bertz CT molecular complexity index is 848. The van der Waals surface area contributed by atoms with Gasteiger partial charge in [0.15, 0.2) is 5.75 Å². The molecule has 0 spiro atoms. The zero-order chi connectivity index (χ0) is 16.5. The first-order valence-corrected chi connectivity index (χ1v) is 7.95. The fourth-order valence-electron chi connectivity index (χ4n) is 1.78. The standard InChI is InChI=1S/C14H12ClNO5S/c1-9-3-6-12(15)14(7-9)21-22(19,20)11-5-4-10(2)13(8-11)16(17)18/h3-8H,1-2H3. The molecule has 0 N–H and O–H groups in total. The largest absolute Gasteiger partial charge is 0.377 e. The number of nitro groups is 1. The van der Waals surface area contributed by atoms with Crippen molar-refractivity contribution in [2.45, 2.75) is 18.7 Å². The molecule has 0 radical (unpaired) electrons. The van der Waals surface area contributed by atoms with E-state index in [1.165, 1.54) is 31.2 Å². The highest BCUT2D eigenvalue weighted by molar-refractivity contribution is 7.87. The Morgan fingerprint density at radius 3 is 2.45 bits per heavy atom. The number of hydrogen-bond donors (Lipinski definition) is 0. The van der Waals surface area contributed by atoms with Crippen LogP contribution in [0.4, 0.5) is 5.69 Å². The minimum atomic E-state index is -4.21. The van der Waals surface area contributed by atoms with Crippen molar-refractivity contribution in [2.75, 3.05) is 0 Å². The van der Waals surface area contributed by atoms with Crippen LogP contribution in [0.5, 0.6) is 5.75 Å². The molecular formula is C14H12ClNO5S. The number of hydrogen-bond acceptors (Lipinski definition) is 5. The molecule has 0 saturated carbocycles. The lowest BCUT2D eigenvalue weighted by atomic mass is 10.2. The molecule has 0 fully saturated rings. The summed E-state index contributed by atoms with van der Waals surface area (Å²) in [5.41, 5.74) is 0.835. The molecule has 0 aliphatic rings. The summed E-state index contributed by atoms with van der Waals surface area (Å²) in [5, 5.41) is 11.0. The molecule has 0 aliphatic carbocycles. The normalized spacial score (nSPS) is 11.2. The maximum absolute atomic E-state index is 12.2. The molecule has 0 aliphatic heterocycles. The van der Waals surface area contributed by atoms with Crippen molar-refractivity contribution in [1.29, 1.82) is 0 Å². The van der Waals surface area contributed by atoms with Crippen molar-refractivity contribution in [3.05, 3.63) is 62.7 Å². The van der Waals surface area contributed by atoms with Gasteiger partial charge in [0, 0.05) is 11.6 Å². The summed E-state index contributed by atoms with van der Waals surface area (Å²) in [6.45, 7) is 3.28. The third-order valence-corrected chi connectivity index (χ3v) is 4.49. The van der Waals surface area contributed by atoms with Gasteiger partial charge in [0.25, 0.3) is 5.69 Å². The minimum Gasteiger partial charge on any atom is -0.377 e. The molecule has 6 nitrogen and oxygen atoms in total. The second-order valence-corrected chi connectivity index (χ2v) is 6.63. The van der Waals surface area contributed by atoms with Crippen molar-refractivity contribution in [1.82, 2.24) is 0 Å². The summed E-state index contributed by atoms with van der Waals surface area (Å²) < 4.78 is 29.5. The molecule has 0 unspecified atom stereocenters. The van der Waals surface area contributed by atoms with E-state index >= 15 is 0 Å². The van der Waals surface area contributed by atoms with Gasteiger partial charge in [-0.05, 0) is 37.6 Å². The first kappa shape index (κ1) is 16.3. The molecule has 2 rings (SSSR count). The Labute approximate surface area is 132 Å². The summed E-state index contributed by atoms with van der Waals surface area (Å²) in [6.07, 6.45) is 0. The first-order valence-electron chi connectivity index (χ1n) is 6.16. The third kappa shape index (κ3) is 3.37. The smallest absolute Gasteiger partial charge is 0.339 e. The maximum atomic E-state index is 12.2. The highest BCUT2D eigenvalue weighted by atomic mass is 35.5. The molecular weight excluding hydrogens is 330 g/mol. The number of nitrogens with zero attached hydrogens (tertiary/aromatic N) is 1. The van der Waals surface area contributed by atoms with Crippen LogP contribution in [0.15, 0.2) is 41.3 Å². The van der Waals surface area contributed by atoms with E-state index in [2.05, 4.69) is 0 Å². The molecule has 0 aromatic heterocycles. The molecule has 22 heavy (non-hydrogen) atoms. The highest BCUT2D eigenvalue weighted by Crippen LogP contribution is 2.30. The van der Waals surface area contributed by atoms with Gasteiger partial charge in [0.1, 0.15) is 4.90 Å². The summed E-state index contributed by atoms with van der Waals surface area (Å²) in [5.74, 6) is -0.0232. The number of rotatable bonds is 4. The lowest BCUT2D eigenvalue weighted by molar-refractivity contribution is -0.385. The molecule has 2 aromatic rings. The zero-order valence-electron chi connectivity index (χ0n) is 11.7. The second kappa shape index (κ2) is 5.94. The van der Waals surface area contributed by atoms with Crippen molar-refractivity contribution in [3.8, 4) is 5.75 Å². The first-order chi connectivity index (χ1) is 10.2. The van der Waals surface area contributed by atoms with Gasteiger partial charge in [-0.3, -0.25) is 10.1 Å². The van der Waals surface area contributed by atoms with Crippen LogP contribution in [-0.2, 0) is 10.1 Å². The Morgan fingerprint density at radius 1 is 1.14 bits per heavy atom. The van der Waals surface area contributed by atoms with Gasteiger partial charge >= 0.3 is 10.1 Å². The minimum absolute atomic E-state index is 0.0232. The molecule has 116 valence electrons. The van der Waals surface area contributed by atoms with E-state index in [4.69, 9.17) is 15.8 Å². The van der Waals surface area contributed by atoms with E-state index in [0.29, 0.717) is 5.56 Å². The van der Waals surface area contributed by atoms with Crippen LogP contribution in [-0.4, -0.2) is 13.3 Å². The average Bonchev–Trinajstić information content (AvgIpc) is 2.42. The molecule has 0 amide bonds.